The second-order valence-corrected chi connectivity index (χ2v) is 2.83. The van der Waals surface area contributed by atoms with E-state index in [0.29, 0.717) is 3.70 Å². The normalized spacial score (nSPS) is 10.0. The first kappa shape index (κ1) is 8.40. The van der Waals surface area contributed by atoms with Crippen molar-refractivity contribution < 1.29 is 10.0 Å². The molecule has 0 aliphatic carbocycles. The van der Waals surface area contributed by atoms with Gasteiger partial charge in [0.25, 0.3) is 0 Å². The molecule has 0 amide bonds. The molecule has 0 aliphatic rings. The van der Waals surface area contributed by atoms with Gasteiger partial charge < -0.3 is 15.2 Å². The molecule has 0 aliphatic heterocycles. The van der Waals surface area contributed by atoms with E-state index in [0.717, 1.165) is 4.68 Å². The van der Waals surface area contributed by atoms with Crippen LogP contribution in [0.5, 0.6) is 0 Å². The van der Waals surface area contributed by atoms with Crippen molar-refractivity contribution >= 4 is 28.4 Å². The van der Waals surface area contributed by atoms with Crippen molar-refractivity contribution in [3.05, 3.63) is 19.9 Å². The molecule has 60 valence electrons. The van der Waals surface area contributed by atoms with Crippen molar-refractivity contribution in [1.29, 1.82) is 0 Å². The first-order valence-electron chi connectivity index (χ1n) is 2.63. The van der Waals surface area contributed by atoms with E-state index in [-0.39, 0.29) is 12.5 Å². The average molecular weight is 269 g/mol. The molecule has 0 saturated heterocycles. The standard InChI is InChI=1S/C4H4IN3O3/c5-3-1-4(8(10)11)6-7(3)2-9/h1,9H,2H2. The Hall–Kier alpha value is -0.700. The van der Waals surface area contributed by atoms with Crippen LogP contribution < -0.4 is 0 Å². The Kier molecular flexibility index (Phi) is 2.39. The van der Waals surface area contributed by atoms with E-state index in [1.54, 1.807) is 0 Å². The first-order chi connectivity index (χ1) is 5.15. The van der Waals surface area contributed by atoms with Gasteiger partial charge in [0, 0.05) is 0 Å². The molecule has 1 aromatic rings. The topological polar surface area (TPSA) is 81.2 Å². The molecule has 0 spiro atoms. The summed E-state index contributed by atoms with van der Waals surface area (Å²) in [6.45, 7) is -0.341. The molecule has 1 aromatic heterocycles. The van der Waals surface area contributed by atoms with Crippen molar-refractivity contribution in [3.8, 4) is 0 Å². The highest BCUT2D eigenvalue weighted by molar-refractivity contribution is 14.1. The summed E-state index contributed by atoms with van der Waals surface area (Å²) in [4.78, 5) is 9.52. The van der Waals surface area contributed by atoms with Crippen LogP contribution in [0.3, 0.4) is 0 Å². The number of nitrogens with zero attached hydrogens (tertiary/aromatic N) is 3. The van der Waals surface area contributed by atoms with E-state index in [4.69, 9.17) is 5.11 Å². The maximum Gasteiger partial charge on any atom is 0.391 e. The molecule has 0 unspecified atom stereocenters. The highest BCUT2D eigenvalue weighted by Crippen LogP contribution is 2.12. The fourth-order valence-electron chi connectivity index (χ4n) is 0.570. The minimum atomic E-state index is -0.603. The quantitative estimate of drug-likeness (QED) is 0.477. The number of nitro groups is 1. The number of aliphatic hydroxyl groups excluding tert-OH is 1. The summed E-state index contributed by atoms with van der Waals surface area (Å²) in [6.07, 6.45) is 0. The zero-order valence-electron chi connectivity index (χ0n) is 5.27. The van der Waals surface area contributed by atoms with E-state index in [2.05, 4.69) is 5.10 Å². The molecule has 11 heavy (non-hydrogen) atoms. The summed E-state index contributed by atoms with van der Waals surface area (Å²) in [6, 6.07) is 1.29. The molecule has 0 fully saturated rings. The van der Waals surface area contributed by atoms with Gasteiger partial charge >= 0.3 is 5.82 Å². The van der Waals surface area contributed by atoms with Crippen LogP contribution in [-0.2, 0) is 6.73 Å². The zero-order chi connectivity index (χ0) is 8.43. The number of rotatable bonds is 2. The van der Waals surface area contributed by atoms with Crippen LogP contribution in [0.15, 0.2) is 6.07 Å². The fraction of sp³-hybridized carbons (Fsp3) is 0.250. The van der Waals surface area contributed by atoms with Crippen LogP contribution in [0, 0.1) is 13.8 Å². The summed E-state index contributed by atoms with van der Waals surface area (Å²) < 4.78 is 1.68. The Morgan fingerprint density at radius 2 is 2.55 bits per heavy atom. The molecule has 7 heteroatoms. The molecule has 1 rings (SSSR count). The lowest BCUT2D eigenvalue weighted by molar-refractivity contribution is -0.389. The Bertz CT molecular complexity index is 284. The largest absolute Gasteiger partial charge is 0.391 e. The van der Waals surface area contributed by atoms with Crippen molar-refractivity contribution in [1.82, 2.24) is 9.78 Å². The van der Waals surface area contributed by atoms with Gasteiger partial charge in [-0.2, -0.15) is 0 Å². The lowest BCUT2D eigenvalue weighted by Crippen LogP contribution is -2.01. The van der Waals surface area contributed by atoms with Gasteiger partial charge in [0.1, 0.15) is 3.70 Å². The molecule has 0 aromatic carbocycles. The molecular weight excluding hydrogens is 265 g/mol. The maximum atomic E-state index is 10.1. The van der Waals surface area contributed by atoms with Crippen molar-refractivity contribution in [2.45, 2.75) is 6.73 Å². The number of hydrogen-bond acceptors (Lipinski definition) is 4. The van der Waals surface area contributed by atoms with E-state index in [1.807, 2.05) is 22.6 Å². The zero-order valence-corrected chi connectivity index (χ0v) is 7.43. The monoisotopic (exact) mass is 269 g/mol. The Balaban J connectivity index is 3.05. The Morgan fingerprint density at radius 1 is 1.91 bits per heavy atom. The molecule has 0 bridgehead atoms. The molecule has 0 saturated carbocycles. The van der Waals surface area contributed by atoms with Crippen LogP contribution in [0.4, 0.5) is 5.82 Å². The minimum Gasteiger partial charge on any atom is -0.372 e. The minimum absolute atomic E-state index is 0.247. The predicted molar refractivity (Wildman–Crippen MR) is 43.8 cm³/mol. The molecule has 0 radical (unpaired) electrons. The van der Waals surface area contributed by atoms with E-state index in [1.165, 1.54) is 6.07 Å². The van der Waals surface area contributed by atoms with Crippen LogP contribution in [-0.4, -0.2) is 19.8 Å². The maximum absolute atomic E-state index is 10.1. The summed E-state index contributed by atoms with van der Waals surface area (Å²) in [5, 5.41) is 22.2. The molecular formula is C4H4IN3O3. The van der Waals surface area contributed by atoms with E-state index >= 15 is 0 Å². The van der Waals surface area contributed by atoms with Gasteiger partial charge in [-0.1, -0.05) is 0 Å². The fourth-order valence-corrected chi connectivity index (χ4v) is 1.11. The smallest absolute Gasteiger partial charge is 0.372 e. The number of aromatic nitrogens is 2. The van der Waals surface area contributed by atoms with Gasteiger partial charge in [-0.05, 0) is 27.5 Å². The lowest BCUT2D eigenvalue weighted by atomic mass is 10.7. The number of aliphatic hydroxyl groups is 1. The summed E-state index contributed by atoms with van der Waals surface area (Å²) in [7, 11) is 0. The summed E-state index contributed by atoms with van der Waals surface area (Å²) in [5.41, 5.74) is 0. The molecule has 1 heterocycles. The van der Waals surface area contributed by atoms with Crippen molar-refractivity contribution in [2.75, 3.05) is 0 Å². The van der Waals surface area contributed by atoms with Gasteiger partial charge in [0.2, 0.25) is 0 Å². The second-order valence-electron chi connectivity index (χ2n) is 1.72. The van der Waals surface area contributed by atoms with Gasteiger partial charge in [0.05, 0.1) is 11.2 Å². The predicted octanol–water partition coefficient (Wildman–Crippen LogP) is 0.346. The molecule has 6 nitrogen and oxygen atoms in total. The number of halogens is 1. The van der Waals surface area contributed by atoms with Crippen LogP contribution >= 0.6 is 22.6 Å². The van der Waals surface area contributed by atoms with E-state index < -0.39 is 4.92 Å². The van der Waals surface area contributed by atoms with Crippen LogP contribution in [0.2, 0.25) is 0 Å². The SMILES string of the molecule is O=[N+]([O-])c1cc(I)n(CO)n1. The van der Waals surface area contributed by atoms with Gasteiger partial charge in [-0.25, -0.2) is 0 Å². The van der Waals surface area contributed by atoms with Gasteiger partial charge in [0.15, 0.2) is 6.73 Å². The Morgan fingerprint density at radius 3 is 2.82 bits per heavy atom. The average Bonchev–Trinajstić information content (AvgIpc) is 2.31. The van der Waals surface area contributed by atoms with Crippen LogP contribution in [0.25, 0.3) is 0 Å². The summed E-state index contributed by atoms with van der Waals surface area (Å²) in [5.74, 6) is -0.247. The third-order valence-electron chi connectivity index (χ3n) is 1.04. The third kappa shape index (κ3) is 1.66. The van der Waals surface area contributed by atoms with Gasteiger partial charge in [-0.15, -0.1) is 4.68 Å². The third-order valence-corrected chi connectivity index (χ3v) is 1.91. The Labute approximate surface area is 75.1 Å². The molecule has 1 N–H and O–H groups in total. The van der Waals surface area contributed by atoms with Gasteiger partial charge in [-0.3, -0.25) is 0 Å². The summed E-state index contributed by atoms with van der Waals surface area (Å²) >= 11 is 1.85. The van der Waals surface area contributed by atoms with Crippen LogP contribution in [0.1, 0.15) is 0 Å². The molecule has 0 atom stereocenters. The van der Waals surface area contributed by atoms with E-state index in [9.17, 15) is 10.1 Å². The second kappa shape index (κ2) is 3.13. The van der Waals surface area contributed by atoms with Crippen molar-refractivity contribution in [3.63, 3.8) is 0 Å². The highest BCUT2D eigenvalue weighted by atomic mass is 127. The number of hydrogen-bond donors (Lipinski definition) is 1. The highest BCUT2D eigenvalue weighted by Gasteiger charge is 2.14. The lowest BCUT2D eigenvalue weighted by Gasteiger charge is -1.86. The van der Waals surface area contributed by atoms with Crippen molar-refractivity contribution in [2.24, 2.45) is 0 Å². The first-order valence-corrected chi connectivity index (χ1v) is 3.71.